The molecule has 0 fully saturated rings. The van der Waals surface area contributed by atoms with Crippen molar-refractivity contribution in [2.75, 3.05) is 13.2 Å². The zero-order valence-corrected chi connectivity index (χ0v) is 17.1. The maximum atomic E-state index is 12.6. The molecule has 0 aromatic heterocycles. The minimum Gasteiger partial charge on any atom is -0.480 e. The van der Waals surface area contributed by atoms with Gasteiger partial charge in [0.15, 0.2) is 0 Å². The van der Waals surface area contributed by atoms with Gasteiger partial charge in [-0.05, 0) is 35.1 Å². The van der Waals surface area contributed by atoms with E-state index in [1.807, 2.05) is 36.4 Å². The van der Waals surface area contributed by atoms with Gasteiger partial charge in [0.1, 0.15) is 18.7 Å². The van der Waals surface area contributed by atoms with Gasteiger partial charge in [-0.3, -0.25) is 9.59 Å². The van der Waals surface area contributed by atoms with E-state index in [4.69, 9.17) is 9.84 Å². The standard InChI is InChI=1S/C23H26N2O5/c1-3-23(4-2,21(28)24-13-20(26)27)25-22(29)30-14-19-17-11-7-5-9-15(17)16-10-6-8-12-18(16)19/h5-12,19H,3-4,13-14H2,1-2H3,(H,24,28)(H,25,29)(H,26,27). The molecule has 30 heavy (non-hydrogen) atoms. The van der Waals surface area contributed by atoms with E-state index in [0.29, 0.717) is 12.8 Å². The molecule has 2 aromatic carbocycles. The molecule has 0 atom stereocenters. The molecular formula is C23H26N2O5. The maximum Gasteiger partial charge on any atom is 0.408 e. The first-order chi connectivity index (χ1) is 14.4. The van der Waals surface area contributed by atoms with Gasteiger partial charge in [0.25, 0.3) is 0 Å². The number of nitrogens with one attached hydrogen (secondary N) is 2. The Morgan fingerprint density at radius 3 is 2.00 bits per heavy atom. The van der Waals surface area contributed by atoms with Crippen LogP contribution in [0.5, 0.6) is 0 Å². The molecule has 0 heterocycles. The van der Waals surface area contributed by atoms with Crippen molar-refractivity contribution in [3.05, 3.63) is 59.7 Å². The predicted octanol–water partition coefficient (Wildman–Crippen LogP) is 3.28. The Morgan fingerprint density at radius 2 is 1.50 bits per heavy atom. The van der Waals surface area contributed by atoms with Crippen molar-refractivity contribution in [1.29, 1.82) is 0 Å². The van der Waals surface area contributed by atoms with Crippen LogP contribution >= 0.6 is 0 Å². The zero-order valence-electron chi connectivity index (χ0n) is 17.1. The Hall–Kier alpha value is -3.35. The summed E-state index contributed by atoms with van der Waals surface area (Å²) in [5.74, 6) is -1.77. The lowest BCUT2D eigenvalue weighted by Crippen LogP contribution is -2.58. The highest BCUT2D eigenvalue weighted by molar-refractivity contribution is 5.91. The van der Waals surface area contributed by atoms with Gasteiger partial charge in [0.05, 0.1) is 0 Å². The second kappa shape index (κ2) is 8.98. The maximum absolute atomic E-state index is 12.6. The van der Waals surface area contributed by atoms with E-state index in [0.717, 1.165) is 22.3 Å². The van der Waals surface area contributed by atoms with Crippen LogP contribution in [-0.2, 0) is 14.3 Å². The minimum atomic E-state index is -1.22. The van der Waals surface area contributed by atoms with Gasteiger partial charge in [-0.15, -0.1) is 0 Å². The number of fused-ring (bicyclic) bond motifs is 3. The first-order valence-electron chi connectivity index (χ1n) is 10.0. The Bertz CT molecular complexity index is 907. The van der Waals surface area contributed by atoms with Crippen LogP contribution in [0.4, 0.5) is 4.79 Å². The topological polar surface area (TPSA) is 105 Å². The average Bonchev–Trinajstić information content (AvgIpc) is 3.08. The molecule has 158 valence electrons. The normalized spacial score (nSPS) is 12.6. The van der Waals surface area contributed by atoms with Crippen molar-refractivity contribution in [1.82, 2.24) is 10.6 Å². The van der Waals surface area contributed by atoms with Crippen LogP contribution in [0.3, 0.4) is 0 Å². The highest BCUT2D eigenvalue weighted by atomic mass is 16.5. The van der Waals surface area contributed by atoms with Crippen LogP contribution in [0, 0.1) is 0 Å². The van der Waals surface area contributed by atoms with E-state index < -0.39 is 30.1 Å². The number of hydrogen-bond donors (Lipinski definition) is 3. The number of amides is 2. The van der Waals surface area contributed by atoms with Crippen molar-refractivity contribution in [3.8, 4) is 11.1 Å². The summed E-state index contributed by atoms with van der Waals surface area (Å²) in [4.78, 5) is 35.8. The van der Waals surface area contributed by atoms with Crippen LogP contribution < -0.4 is 10.6 Å². The van der Waals surface area contributed by atoms with Gasteiger partial charge in [-0.2, -0.15) is 0 Å². The van der Waals surface area contributed by atoms with Crippen molar-refractivity contribution < 1.29 is 24.2 Å². The smallest absolute Gasteiger partial charge is 0.408 e. The van der Waals surface area contributed by atoms with Gasteiger partial charge in [0, 0.05) is 5.92 Å². The average molecular weight is 410 g/mol. The third kappa shape index (κ3) is 4.15. The second-order valence-electron chi connectivity index (χ2n) is 7.32. The summed E-state index contributed by atoms with van der Waals surface area (Å²) >= 11 is 0. The molecule has 3 rings (SSSR count). The zero-order chi connectivity index (χ0) is 21.7. The van der Waals surface area contributed by atoms with Gasteiger partial charge in [0.2, 0.25) is 5.91 Å². The van der Waals surface area contributed by atoms with E-state index in [1.165, 1.54) is 0 Å². The largest absolute Gasteiger partial charge is 0.480 e. The molecule has 0 spiro atoms. The number of hydrogen-bond acceptors (Lipinski definition) is 4. The second-order valence-corrected chi connectivity index (χ2v) is 7.32. The van der Waals surface area contributed by atoms with Crippen molar-refractivity contribution in [2.24, 2.45) is 0 Å². The quantitative estimate of drug-likeness (QED) is 0.619. The highest BCUT2D eigenvalue weighted by Crippen LogP contribution is 2.44. The number of carboxylic acids is 1. The highest BCUT2D eigenvalue weighted by Gasteiger charge is 2.37. The fraction of sp³-hybridized carbons (Fsp3) is 0.348. The summed E-state index contributed by atoms with van der Waals surface area (Å²) in [7, 11) is 0. The fourth-order valence-electron chi connectivity index (χ4n) is 3.96. The minimum absolute atomic E-state index is 0.0818. The molecule has 7 heteroatoms. The number of alkyl carbamates (subject to hydrolysis) is 1. The van der Waals surface area contributed by atoms with Crippen LogP contribution in [0.15, 0.2) is 48.5 Å². The molecule has 0 saturated carbocycles. The van der Waals surface area contributed by atoms with E-state index in [-0.39, 0.29) is 12.5 Å². The number of carbonyl (C=O) groups excluding carboxylic acids is 2. The first-order valence-corrected chi connectivity index (χ1v) is 10.0. The van der Waals surface area contributed by atoms with Gasteiger partial charge >= 0.3 is 12.1 Å². The molecule has 1 aliphatic carbocycles. The first kappa shape index (κ1) is 21.4. The summed E-state index contributed by atoms with van der Waals surface area (Å²) in [6.45, 7) is 3.15. The molecule has 2 amide bonds. The number of benzene rings is 2. The van der Waals surface area contributed by atoms with Crippen LogP contribution in [0.2, 0.25) is 0 Å². The summed E-state index contributed by atoms with van der Waals surface area (Å²) in [5, 5.41) is 13.8. The van der Waals surface area contributed by atoms with E-state index in [2.05, 4.69) is 22.8 Å². The number of ether oxygens (including phenoxy) is 1. The summed E-state index contributed by atoms with van der Waals surface area (Å²) in [6, 6.07) is 16.1. The summed E-state index contributed by atoms with van der Waals surface area (Å²) < 4.78 is 5.53. The molecule has 0 saturated heterocycles. The van der Waals surface area contributed by atoms with Crippen LogP contribution in [-0.4, -0.2) is 41.8 Å². The Kier molecular flexibility index (Phi) is 6.40. The van der Waals surface area contributed by atoms with Crippen molar-refractivity contribution in [3.63, 3.8) is 0 Å². The van der Waals surface area contributed by atoms with Crippen molar-refractivity contribution in [2.45, 2.75) is 38.1 Å². The van der Waals surface area contributed by atoms with E-state index in [1.54, 1.807) is 13.8 Å². The third-order valence-corrected chi connectivity index (χ3v) is 5.73. The Labute approximate surface area is 175 Å². The molecule has 3 N–H and O–H groups in total. The van der Waals surface area contributed by atoms with E-state index in [9.17, 15) is 14.4 Å². The Morgan fingerprint density at radius 1 is 0.967 bits per heavy atom. The lowest BCUT2D eigenvalue weighted by Gasteiger charge is -2.31. The van der Waals surface area contributed by atoms with Gasteiger partial charge in [-0.1, -0.05) is 62.4 Å². The molecule has 0 aliphatic heterocycles. The number of rotatable bonds is 8. The summed E-state index contributed by atoms with van der Waals surface area (Å²) in [6.07, 6.45) is -0.0933. The number of aliphatic carboxylic acids is 1. The van der Waals surface area contributed by atoms with Gasteiger partial charge < -0.3 is 20.5 Å². The van der Waals surface area contributed by atoms with Crippen molar-refractivity contribution >= 4 is 18.0 Å². The fourth-order valence-corrected chi connectivity index (χ4v) is 3.96. The summed E-state index contributed by atoms with van der Waals surface area (Å²) in [5.41, 5.74) is 3.24. The molecule has 0 unspecified atom stereocenters. The van der Waals surface area contributed by atoms with Crippen LogP contribution in [0.25, 0.3) is 11.1 Å². The lowest BCUT2D eigenvalue weighted by atomic mass is 9.92. The SMILES string of the molecule is CCC(CC)(NC(=O)OCC1c2ccccc2-c2ccccc21)C(=O)NCC(=O)O. The molecule has 0 bridgehead atoms. The molecule has 1 aliphatic rings. The molecule has 2 aromatic rings. The number of carboxylic acid groups (broad SMARTS) is 1. The third-order valence-electron chi connectivity index (χ3n) is 5.73. The molecule has 7 nitrogen and oxygen atoms in total. The Balaban J connectivity index is 1.70. The monoisotopic (exact) mass is 410 g/mol. The van der Waals surface area contributed by atoms with Crippen LogP contribution in [0.1, 0.15) is 43.7 Å². The number of carbonyl (C=O) groups is 3. The van der Waals surface area contributed by atoms with E-state index >= 15 is 0 Å². The lowest BCUT2D eigenvalue weighted by molar-refractivity contribution is -0.139. The molecular weight excluding hydrogens is 384 g/mol. The molecule has 0 radical (unpaired) electrons. The van der Waals surface area contributed by atoms with Gasteiger partial charge in [-0.25, -0.2) is 4.79 Å². The predicted molar refractivity (Wildman–Crippen MR) is 112 cm³/mol.